The third kappa shape index (κ3) is 5.90. The third-order valence-electron chi connectivity index (χ3n) is 3.55. The van der Waals surface area contributed by atoms with Crippen molar-refractivity contribution < 1.29 is 14.3 Å². The van der Waals surface area contributed by atoms with Gasteiger partial charge in [-0.25, -0.2) is 0 Å². The van der Waals surface area contributed by atoms with E-state index < -0.39 is 6.04 Å². The van der Waals surface area contributed by atoms with Crippen LogP contribution in [-0.2, 0) is 14.3 Å². The van der Waals surface area contributed by atoms with E-state index >= 15 is 0 Å². The second-order valence-electron chi connectivity index (χ2n) is 5.77. The number of hydrogen-bond donors (Lipinski definition) is 2. The molecule has 2 amide bonds. The van der Waals surface area contributed by atoms with Crippen LogP contribution < -0.4 is 10.6 Å². The highest BCUT2D eigenvalue weighted by Gasteiger charge is 2.25. The van der Waals surface area contributed by atoms with Crippen LogP contribution in [0.2, 0.25) is 0 Å². The first-order valence-electron chi connectivity index (χ1n) is 7.73. The molecule has 1 aliphatic heterocycles. The van der Waals surface area contributed by atoms with Gasteiger partial charge in [-0.15, -0.1) is 0 Å². The fraction of sp³-hybridized carbons (Fsp3) is 0.867. The summed E-state index contributed by atoms with van der Waals surface area (Å²) in [5.41, 5.74) is 0. The lowest BCUT2D eigenvalue weighted by Crippen LogP contribution is -2.50. The lowest BCUT2D eigenvalue weighted by molar-refractivity contribution is -0.130. The van der Waals surface area contributed by atoms with E-state index in [1.165, 1.54) is 0 Å². The number of unbranched alkanes of at least 4 members (excludes halogenated alkanes) is 1. The van der Waals surface area contributed by atoms with Gasteiger partial charge >= 0.3 is 0 Å². The lowest BCUT2D eigenvalue weighted by atomic mass is 10.0. The molecule has 1 heterocycles. The van der Waals surface area contributed by atoms with Crippen LogP contribution in [-0.4, -0.2) is 37.1 Å². The average molecular weight is 284 g/mol. The number of rotatable bonds is 8. The molecule has 1 saturated heterocycles. The van der Waals surface area contributed by atoms with Crippen LogP contribution in [0, 0.1) is 5.92 Å². The summed E-state index contributed by atoms with van der Waals surface area (Å²) in [6.07, 6.45) is 4.50. The van der Waals surface area contributed by atoms with Gasteiger partial charge in [-0.2, -0.15) is 0 Å². The molecular formula is C15H28N2O3. The highest BCUT2D eigenvalue weighted by Crippen LogP contribution is 2.11. The lowest BCUT2D eigenvalue weighted by Gasteiger charge is -2.22. The van der Waals surface area contributed by atoms with Crippen molar-refractivity contribution in [1.29, 1.82) is 0 Å². The van der Waals surface area contributed by atoms with Crippen LogP contribution in [0.3, 0.4) is 0 Å². The van der Waals surface area contributed by atoms with Crippen molar-refractivity contribution in [2.75, 3.05) is 13.2 Å². The fourth-order valence-electron chi connectivity index (χ4n) is 2.25. The molecule has 0 spiro atoms. The standard InChI is InChI=1S/C15H28N2O3/c1-4-5-8-13(18)17-14(11(2)3)15(19)16-10-12-7-6-9-20-12/h11-12,14H,4-10H2,1-3H3,(H,16,19)(H,17,18)/t12?,14-/m0/s1. The van der Waals surface area contributed by atoms with Crippen molar-refractivity contribution >= 4 is 11.8 Å². The van der Waals surface area contributed by atoms with Gasteiger partial charge in [0.2, 0.25) is 11.8 Å². The summed E-state index contributed by atoms with van der Waals surface area (Å²) in [6.45, 7) is 7.24. The van der Waals surface area contributed by atoms with Crippen LogP contribution in [0.5, 0.6) is 0 Å². The number of nitrogens with one attached hydrogen (secondary N) is 2. The number of hydrogen-bond acceptors (Lipinski definition) is 3. The molecule has 0 aliphatic carbocycles. The number of amides is 2. The number of ether oxygens (including phenoxy) is 1. The van der Waals surface area contributed by atoms with Gasteiger partial charge in [-0.1, -0.05) is 27.2 Å². The van der Waals surface area contributed by atoms with Crippen molar-refractivity contribution in [1.82, 2.24) is 10.6 Å². The van der Waals surface area contributed by atoms with Crippen LogP contribution >= 0.6 is 0 Å². The Morgan fingerprint density at radius 1 is 1.35 bits per heavy atom. The van der Waals surface area contributed by atoms with Crippen LogP contribution in [0.4, 0.5) is 0 Å². The highest BCUT2D eigenvalue weighted by molar-refractivity contribution is 5.87. The highest BCUT2D eigenvalue weighted by atomic mass is 16.5. The van der Waals surface area contributed by atoms with Gasteiger partial charge in [0, 0.05) is 19.6 Å². The van der Waals surface area contributed by atoms with Gasteiger partial charge < -0.3 is 15.4 Å². The molecule has 2 atom stereocenters. The van der Waals surface area contributed by atoms with E-state index in [1.807, 2.05) is 20.8 Å². The van der Waals surface area contributed by atoms with E-state index in [9.17, 15) is 9.59 Å². The first-order chi connectivity index (χ1) is 9.54. The molecule has 0 aromatic rings. The number of carbonyl (C=O) groups excluding carboxylic acids is 2. The van der Waals surface area contributed by atoms with Gasteiger partial charge in [-0.3, -0.25) is 9.59 Å². The smallest absolute Gasteiger partial charge is 0.242 e. The molecule has 1 unspecified atom stereocenters. The fourth-order valence-corrected chi connectivity index (χ4v) is 2.25. The molecule has 0 bridgehead atoms. The maximum absolute atomic E-state index is 12.2. The normalized spacial score (nSPS) is 19.9. The second kappa shape index (κ2) is 8.95. The molecule has 116 valence electrons. The molecule has 1 fully saturated rings. The molecule has 5 heteroatoms. The summed E-state index contributed by atoms with van der Waals surface area (Å²) in [7, 11) is 0. The molecule has 0 aromatic carbocycles. The zero-order chi connectivity index (χ0) is 15.0. The van der Waals surface area contributed by atoms with E-state index in [1.54, 1.807) is 0 Å². The van der Waals surface area contributed by atoms with Gasteiger partial charge in [0.15, 0.2) is 0 Å². The molecule has 20 heavy (non-hydrogen) atoms. The average Bonchev–Trinajstić information content (AvgIpc) is 2.92. The van der Waals surface area contributed by atoms with Crippen molar-refractivity contribution in [3.63, 3.8) is 0 Å². The molecule has 0 saturated carbocycles. The first-order valence-corrected chi connectivity index (χ1v) is 7.73. The summed E-state index contributed by atoms with van der Waals surface area (Å²) >= 11 is 0. The Balaban J connectivity index is 2.38. The summed E-state index contributed by atoms with van der Waals surface area (Å²) in [5.74, 6) is -0.0803. The van der Waals surface area contributed by atoms with E-state index in [2.05, 4.69) is 10.6 Å². The van der Waals surface area contributed by atoms with Gasteiger partial charge in [0.25, 0.3) is 0 Å². The molecule has 0 radical (unpaired) electrons. The summed E-state index contributed by atoms with van der Waals surface area (Å²) in [6, 6.07) is -0.458. The molecule has 5 nitrogen and oxygen atoms in total. The first kappa shape index (κ1) is 17.0. The molecule has 1 aliphatic rings. The molecule has 0 aromatic heterocycles. The van der Waals surface area contributed by atoms with Crippen molar-refractivity contribution in [2.45, 2.75) is 65.0 Å². The SMILES string of the molecule is CCCCC(=O)N[C@H](C(=O)NCC1CCCO1)C(C)C. The second-order valence-corrected chi connectivity index (χ2v) is 5.77. The predicted octanol–water partition coefficient (Wildman–Crippen LogP) is 1.61. The van der Waals surface area contributed by atoms with Crippen molar-refractivity contribution in [2.24, 2.45) is 5.92 Å². The Labute approximate surface area is 121 Å². The maximum Gasteiger partial charge on any atom is 0.242 e. The monoisotopic (exact) mass is 284 g/mol. The Morgan fingerprint density at radius 3 is 2.65 bits per heavy atom. The molecule has 1 rings (SSSR count). The van der Waals surface area contributed by atoms with Gasteiger partial charge in [-0.05, 0) is 25.2 Å². The quantitative estimate of drug-likeness (QED) is 0.711. The zero-order valence-electron chi connectivity index (χ0n) is 12.9. The Kier molecular flexibility index (Phi) is 7.59. The Hall–Kier alpha value is -1.10. The van der Waals surface area contributed by atoms with E-state index in [-0.39, 0.29) is 23.8 Å². The van der Waals surface area contributed by atoms with Gasteiger partial charge in [0.05, 0.1) is 6.10 Å². The van der Waals surface area contributed by atoms with Gasteiger partial charge in [0.1, 0.15) is 6.04 Å². The van der Waals surface area contributed by atoms with Crippen LogP contribution in [0.1, 0.15) is 52.9 Å². The van der Waals surface area contributed by atoms with E-state index in [4.69, 9.17) is 4.74 Å². The predicted molar refractivity (Wildman–Crippen MR) is 78.3 cm³/mol. The number of carbonyl (C=O) groups is 2. The minimum atomic E-state index is -0.458. The van der Waals surface area contributed by atoms with Crippen LogP contribution in [0.25, 0.3) is 0 Å². The van der Waals surface area contributed by atoms with E-state index in [0.717, 1.165) is 32.3 Å². The zero-order valence-corrected chi connectivity index (χ0v) is 12.9. The van der Waals surface area contributed by atoms with Crippen molar-refractivity contribution in [3.8, 4) is 0 Å². The summed E-state index contributed by atoms with van der Waals surface area (Å²) in [5, 5.41) is 5.72. The molecular weight excluding hydrogens is 256 g/mol. The van der Waals surface area contributed by atoms with Crippen molar-refractivity contribution in [3.05, 3.63) is 0 Å². The largest absolute Gasteiger partial charge is 0.376 e. The summed E-state index contributed by atoms with van der Waals surface area (Å²) < 4.78 is 5.48. The Bertz CT molecular complexity index is 312. The summed E-state index contributed by atoms with van der Waals surface area (Å²) in [4.78, 5) is 23.9. The topological polar surface area (TPSA) is 67.4 Å². The van der Waals surface area contributed by atoms with E-state index in [0.29, 0.717) is 13.0 Å². The van der Waals surface area contributed by atoms with Crippen LogP contribution in [0.15, 0.2) is 0 Å². The minimum Gasteiger partial charge on any atom is -0.376 e. The minimum absolute atomic E-state index is 0.0437. The third-order valence-corrected chi connectivity index (χ3v) is 3.55. The Morgan fingerprint density at radius 2 is 2.10 bits per heavy atom. The maximum atomic E-state index is 12.2. The molecule has 2 N–H and O–H groups in total.